The maximum atomic E-state index is 12.8. The number of nitrogens with one attached hydrogen (secondary N) is 1. The highest BCUT2D eigenvalue weighted by atomic mass is 16.5. The third-order valence-corrected chi connectivity index (χ3v) is 3.98. The summed E-state index contributed by atoms with van der Waals surface area (Å²) in [6, 6.07) is 4.94. The Morgan fingerprint density at radius 1 is 1.08 bits per heavy atom. The van der Waals surface area contributed by atoms with Crippen LogP contribution in [-0.2, 0) is 14.3 Å². The van der Waals surface area contributed by atoms with Crippen molar-refractivity contribution in [3.05, 3.63) is 23.8 Å². The predicted octanol–water partition coefficient (Wildman–Crippen LogP) is 4.19. The smallest absolute Gasteiger partial charge is 0.341 e. The quantitative estimate of drug-likeness (QED) is 0.595. The third kappa shape index (κ3) is 6.02. The van der Waals surface area contributed by atoms with Gasteiger partial charge in [0.05, 0.1) is 13.2 Å². The summed E-state index contributed by atoms with van der Waals surface area (Å²) >= 11 is 0. The van der Waals surface area contributed by atoms with Crippen LogP contribution in [0.25, 0.3) is 0 Å². The molecule has 0 unspecified atom stereocenters. The normalized spacial score (nSPS) is 13.0. The number of unbranched alkanes of at least 4 members (excludes halogenated alkanes) is 1. The summed E-state index contributed by atoms with van der Waals surface area (Å²) in [5.41, 5.74) is -0.116. The van der Waals surface area contributed by atoms with Gasteiger partial charge in [0.25, 0.3) is 5.91 Å². The van der Waals surface area contributed by atoms with E-state index in [1.807, 2.05) is 13.8 Å². The summed E-state index contributed by atoms with van der Waals surface area (Å²) in [4.78, 5) is 24.9. The van der Waals surface area contributed by atoms with Gasteiger partial charge >= 0.3 is 5.97 Å². The first-order chi connectivity index (χ1) is 12.4. The van der Waals surface area contributed by atoms with Gasteiger partial charge in [-0.05, 0) is 52.3 Å². The molecule has 1 amide bonds. The molecule has 146 valence electrons. The minimum absolute atomic E-state index is 0.230. The van der Waals surface area contributed by atoms with Gasteiger partial charge in [-0.1, -0.05) is 19.8 Å². The minimum atomic E-state index is -0.909. The van der Waals surface area contributed by atoms with Gasteiger partial charge in [-0.15, -0.1) is 0 Å². The molecule has 0 heterocycles. The van der Waals surface area contributed by atoms with Crippen LogP contribution in [-0.4, -0.2) is 37.3 Å². The summed E-state index contributed by atoms with van der Waals surface area (Å²) in [5, 5.41) is 2.86. The highest BCUT2D eigenvalue weighted by molar-refractivity contribution is 5.99. The van der Waals surface area contributed by atoms with E-state index >= 15 is 0 Å². The lowest BCUT2D eigenvalue weighted by molar-refractivity contribution is -0.139. The standard InChI is InChI=1S/C20H31NO5/c1-6-10-13-20(5,26-9-4)19(23)21-15-11-12-17(24-7-2)16(14-15)18(22)25-8-3/h11-12,14H,6-10,13H2,1-5H3,(H,21,23)/t20-/m0/s1. The first-order valence-electron chi connectivity index (χ1n) is 9.31. The van der Waals surface area contributed by atoms with E-state index < -0.39 is 11.6 Å². The van der Waals surface area contributed by atoms with Gasteiger partial charge in [0, 0.05) is 12.3 Å². The van der Waals surface area contributed by atoms with Crippen LogP contribution in [0.4, 0.5) is 5.69 Å². The molecule has 1 atom stereocenters. The first-order valence-corrected chi connectivity index (χ1v) is 9.31. The van der Waals surface area contributed by atoms with Gasteiger partial charge in [-0.25, -0.2) is 4.79 Å². The largest absolute Gasteiger partial charge is 0.493 e. The van der Waals surface area contributed by atoms with E-state index in [0.29, 0.717) is 31.1 Å². The molecule has 1 N–H and O–H groups in total. The molecule has 0 fully saturated rings. The number of hydrogen-bond acceptors (Lipinski definition) is 5. The van der Waals surface area contributed by atoms with Crippen molar-refractivity contribution in [1.82, 2.24) is 0 Å². The lowest BCUT2D eigenvalue weighted by Crippen LogP contribution is -2.42. The topological polar surface area (TPSA) is 73.9 Å². The lowest BCUT2D eigenvalue weighted by atomic mass is 9.97. The van der Waals surface area contributed by atoms with E-state index in [0.717, 1.165) is 12.8 Å². The van der Waals surface area contributed by atoms with Crippen molar-refractivity contribution in [1.29, 1.82) is 0 Å². The summed E-state index contributed by atoms with van der Waals surface area (Å²) in [7, 11) is 0. The molecule has 0 radical (unpaired) electrons. The van der Waals surface area contributed by atoms with Crippen molar-refractivity contribution in [2.24, 2.45) is 0 Å². The van der Waals surface area contributed by atoms with Gasteiger partial charge in [0.15, 0.2) is 0 Å². The Bertz CT molecular complexity index is 602. The van der Waals surface area contributed by atoms with Crippen LogP contribution in [0.2, 0.25) is 0 Å². The predicted molar refractivity (Wildman–Crippen MR) is 102 cm³/mol. The van der Waals surface area contributed by atoms with Gasteiger partial charge in [0.1, 0.15) is 16.9 Å². The van der Waals surface area contributed by atoms with Gasteiger partial charge < -0.3 is 19.5 Å². The van der Waals surface area contributed by atoms with Crippen LogP contribution in [0.5, 0.6) is 5.75 Å². The molecule has 0 aliphatic heterocycles. The monoisotopic (exact) mass is 365 g/mol. The van der Waals surface area contributed by atoms with Crippen LogP contribution >= 0.6 is 0 Å². The number of amides is 1. The fourth-order valence-corrected chi connectivity index (χ4v) is 2.60. The molecular weight excluding hydrogens is 334 g/mol. The number of anilines is 1. The fourth-order valence-electron chi connectivity index (χ4n) is 2.60. The number of ether oxygens (including phenoxy) is 3. The van der Waals surface area contributed by atoms with Crippen LogP contribution in [0.15, 0.2) is 18.2 Å². The number of hydrogen-bond donors (Lipinski definition) is 1. The number of carbonyl (C=O) groups is 2. The molecule has 6 heteroatoms. The van der Waals surface area contributed by atoms with E-state index in [1.165, 1.54) is 0 Å². The Kier molecular flexibility index (Phi) is 9.13. The zero-order valence-electron chi connectivity index (χ0n) is 16.5. The molecule has 1 aromatic carbocycles. The van der Waals surface area contributed by atoms with Crippen LogP contribution in [0.1, 0.15) is 64.2 Å². The summed E-state index contributed by atoms with van der Waals surface area (Å²) in [6.45, 7) is 10.5. The Labute approximate surface area is 156 Å². The zero-order chi connectivity index (χ0) is 19.6. The molecule has 1 rings (SSSR count). The molecule has 0 aromatic heterocycles. The Balaban J connectivity index is 3.05. The highest BCUT2D eigenvalue weighted by Gasteiger charge is 2.33. The van der Waals surface area contributed by atoms with Crippen molar-refractivity contribution < 1.29 is 23.8 Å². The van der Waals surface area contributed by atoms with E-state index in [2.05, 4.69) is 12.2 Å². The molecule has 0 saturated heterocycles. The molecule has 0 bridgehead atoms. The molecule has 6 nitrogen and oxygen atoms in total. The van der Waals surface area contributed by atoms with Crippen LogP contribution in [0.3, 0.4) is 0 Å². The van der Waals surface area contributed by atoms with Gasteiger partial charge in [0.2, 0.25) is 0 Å². The molecule has 0 saturated carbocycles. The SMILES string of the molecule is CCCC[C@](C)(OCC)C(=O)Nc1ccc(OCC)c(C(=O)OCC)c1. The first kappa shape index (κ1) is 22.0. The van der Waals surface area contributed by atoms with E-state index in [1.54, 1.807) is 32.0 Å². The maximum Gasteiger partial charge on any atom is 0.341 e. The van der Waals surface area contributed by atoms with Crippen LogP contribution < -0.4 is 10.1 Å². The van der Waals surface area contributed by atoms with Crippen LogP contribution in [0, 0.1) is 0 Å². The average molecular weight is 365 g/mol. The second kappa shape index (κ2) is 10.8. The van der Waals surface area contributed by atoms with E-state index in [9.17, 15) is 9.59 Å². The molecular formula is C20H31NO5. The van der Waals surface area contributed by atoms with Crippen molar-refractivity contribution in [3.8, 4) is 5.75 Å². The molecule has 0 aliphatic rings. The van der Waals surface area contributed by atoms with Crippen molar-refractivity contribution >= 4 is 17.6 Å². The Morgan fingerprint density at radius 3 is 2.38 bits per heavy atom. The summed E-state index contributed by atoms with van der Waals surface area (Å²) in [6.07, 6.45) is 2.50. The fraction of sp³-hybridized carbons (Fsp3) is 0.600. The Morgan fingerprint density at radius 2 is 1.81 bits per heavy atom. The Hall–Kier alpha value is -2.08. The number of rotatable bonds is 11. The van der Waals surface area contributed by atoms with Crippen molar-refractivity contribution in [3.63, 3.8) is 0 Å². The second-order valence-electron chi connectivity index (χ2n) is 6.09. The maximum absolute atomic E-state index is 12.8. The molecule has 1 aromatic rings. The third-order valence-electron chi connectivity index (χ3n) is 3.98. The number of carbonyl (C=O) groups excluding carboxylic acids is 2. The van der Waals surface area contributed by atoms with Gasteiger partial charge in [-0.3, -0.25) is 4.79 Å². The average Bonchev–Trinajstić information content (AvgIpc) is 2.61. The zero-order valence-corrected chi connectivity index (χ0v) is 16.5. The van der Waals surface area contributed by atoms with E-state index in [-0.39, 0.29) is 18.1 Å². The molecule has 26 heavy (non-hydrogen) atoms. The number of benzene rings is 1. The summed E-state index contributed by atoms with van der Waals surface area (Å²) in [5.74, 6) is -0.278. The second-order valence-corrected chi connectivity index (χ2v) is 6.09. The molecule has 0 aliphatic carbocycles. The lowest BCUT2D eigenvalue weighted by Gasteiger charge is -2.28. The minimum Gasteiger partial charge on any atom is -0.493 e. The van der Waals surface area contributed by atoms with E-state index in [4.69, 9.17) is 14.2 Å². The van der Waals surface area contributed by atoms with Crippen molar-refractivity contribution in [2.45, 2.75) is 59.5 Å². The molecule has 0 spiro atoms. The van der Waals surface area contributed by atoms with Crippen molar-refractivity contribution in [2.75, 3.05) is 25.1 Å². The highest BCUT2D eigenvalue weighted by Crippen LogP contribution is 2.26. The van der Waals surface area contributed by atoms with Gasteiger partial charge in [-0.2, -0.15) is 0 Å². The summed E-state index contributed by atoms with van der Waals surface area (Å²) < 4.78 is 16.3. The number of esters is 1.